The Balaban J connectivity index is 2.51. The van der Waals surface area contributed by atoms with Crippen LogP contribution in [0.5, 0.6) is 0 Å². The monoisotopic (exact) mass is 148 g/mol. The minimum atomic E-state index is 0.664. The van der Waals surface area contributed by atoms with Gasteiger partial charge in [0.05, 0.1) is 0 Å². The maximum absolute atomic E-state index is 3.96. The second-order valence-corrected chi connectivity index (χ2v) is 2.83. The molecule has 1 aromatic rings. The van der Waals surface area contributed by atoms with E-state index in [0.29, 0.717) is 5.92 Å². The number of pyridine rings is 1. The van der Waals surface area contributed by atoms with Crippen molar-refractivity contribution in [3.05, 3.63) is 36.5 Å². The van der Waals surface area contributed by atoms with Crippen molar-refractivity contribution in [1.29, 1.82) is 0 Å². The summed E-state index contributed by atoms with van der Waals surface area (Å²) < 4.78 is 0. The van der Waals surface area contributed by atoms with Gasteiger partial charge in [-0.2, -0.15) is 0 Å². The second kappa shape index (κ2) is 4.12. The molecule has 1 heteroatoms. The Hall–Kier alpha value is -0.850. The average molecular weight is 148 g/mol. The van der Waals surface area contributed by atoms with E-state index >= 15 is 0 Å². The highest BCUT2D eigenvalue weighted by atomic mass is 14.6. The molecular weight excluding hydrogens is 134 g/mol. The van der Waals surface area contributed by atoms with Gasteiger partial charge in [-0.1, -0.05) is 20.3 Å². The minimum Gasteiger partial charge on any atom is -0.265 e. The largest absolute Gasteiger partial charge is 0.265 e. The smallest absolute Gasteiger partial charge is 0.0270 e. The molecule has 0 aliphatic rings. The molecular formula is C10H14N. The fraction of sp³-hybridized carbons (Fsp3) is 0.400. The molecule has 1 aromatic heterocycles. The highest BCUT2D eigenvalue weighted by Crippen LogP contribution is 2.12. The lowest BCUT2D eigenvalue weighted by Crippen LogP contribution is -1.94. The fourth-order valence-corrected chi connectivity index (χ4v) is 0.921. The van der Waals surface area contributed by atoms with Crippen LogP contribution >= 0.6 is 0 Å². The van der Waals surface area contributed by atoms with Gasteiger partial charge in [0, 0.05) is 12.4 Å². The van der Waals surface area contributed by atoms with Crippen molar-refractivity contribution in [3.8, 4) is 0 Å². The predicted octanol–water partition coefficient (Wildman–Crippen LogP) is 2.68. The number of hydrogen-bond acceptors (Lipinski definition) is 1. The van der Waals surface area contributed by atoms with Gasteiger partial charge >= 0.3 is 0 Å². The van der Waals surface area contributed by atoms with E-state index in [1.807, 2.05) is 24.5 Å². The summed E-state index contributed by atoms with van der Waals surface area (Å²) in [5.74, 6) is 0.664. The van der Waals surface area contributed by atoms with E-state index in [-0.39, 0.29) is 0 Å². The van der Waals surface area contributed by atoms with E-state index in [2.05, 4.69) is 25.3 Å². The average Bonchev–Trinajstić information content (AvgIpc) is 2.06. The first-order chi connectivity index (χ1) is 5.33. The third-order valence-electron chi connectivity index (χ3n) is 1.83. The van der Waals surface area contributed by atoms with Crippen LogP contribution < -0.4 is 0 Å². The molecule has 1 heterocycles. The normalized spacial score (nSPS) is 12.9. The lowest BCUT2D eigenvalue weighted by atomic mass is 10.0. The van der Waals surface area contributed by atoms with Crippen molar-refractivity contribution in [3.63, 3.8) is 0 Å². The SMILES string of the molecule is CCC(C)[CH]c1ccncc1. The Kier molecular flexibility index (Phi) is 3.09. The first kappa shape index (κ1) is 8.25. The van der Waals surface area contributed by atoms with Gasteiger partial charge in [0.2, 0.25) is 0 Å². The maximum Gasteiger partial charge on any atom is 0.0270 e. The van der Waals surface area contributed by atoms with Crippen LogP contribution in [-0.2, 0) is 0 Å². The van der Waals surface area contributed by atoms with Crippen LogP contribution in [0.2, 0.25) is 0 Å². The van der Waals surface area contributed by atoms with E-state index in [4.69, 9.17) is 0 Å². The highest BCUT2D eigenvalue weighted by Gasteiger charge is 1.99. The van der Waals surface area contributed by atoms with Crippen LogP contribution in [0.25, 0.3) is 0 Å². The number of nitrogens with zero attached hydrogens (tertiary/aromatic N) is 1. The lowest BCUT2D eigenvalue weighted by Gasteiger charge is -2.06. The van der Waals surface area contributed by atoms with E-state index in [1.165, 1.54) is 12.0 Å². The summed E-state index contributed by atoms with van der Waals surface area (Å²) in [6, 6.07) is 4.07. The zero-order valence-corrected chi connectivity index (χ0v) is 7.12. The van der Waals surface area contributed by atoms with Crippen LogP contribution in [0.15, 0.2) is 24.5 Å². The molecule has 1 nitrogen and oxygen atoms in total. The van der Waals surface area contributed by atoms with Crippen LogP contribution in [0.3, 0.4) is 0 Å². The molecule has 1 rings (SSSR count). The standard InChI is InChI=1S/C10H14N/c1-3-9(2)8-10-4-6-11-7-5-10/h4-9H,3H2,1-2H3. The number of hydrogen-bond donors (Lipinski definition) is 0. The van der Waals surface area contributed by atoms with Crippen molar-refractivity contribution >= 4 is 0 Å². The molecule has 1 radical (unpaired) electrons. The Labute approximate surface area is 68.5 Å². The summed E-state index contributed by atoms with van der Waals surface area (Å²) in [4.78, 5) is 3.96. The summed E-state index contributed by atoms with van der Waals surface area (Å²) in [6.07, 6.45) is 7.12. The van der Waals surface area contributed by atoms with Gasteiger partial charge in [-0.3, -0.25) is 4.98 Å². The van der Waals surface area contributed by atoms with Gasteiger partial charge in [0.25, 0.3) is 0 Å². The molecule has 59 valence electrons. The number of rotatable bonds is 3. The van der Waals surface area contributed by atoms with Gasteiger partial charge in [-0.25, -0.2) is 0 Å². The molecule has 0 aliphatic carbocycles. The van der Waals surface area contributed by atoms with Crippen LogP contribution in [0.4, 0.5) is 0 Å². The van der Waals surface area contributed by atoms with E-state index < -0.39 is 0 Å². The van der Waals surface area contributed by atoms with Crippen molar-refractivity contribution in [2.24, 2.45) is 5.92 Å². The maximum atomic E-state index is 3.96. The van der Waals surface area contributed by atoms with Crippen LogP contribution in [0, 0.1) is 12.3 Å². The van der Waals surface area contributed by atoms with Gasteiger partial charge < -0.3 is 0 Å². The molecule has 0 N–H and O–H groups in total. The Bertz CT molecular complexity index is 193. The van der Waals surface area contributed by atoms with Crippen LogP contribution in [0.1, 0.15) is 25.8 Å². The molecule has 1 unspecified atom stereocenters. The zero-order valence-electron chi connectivity index (χ0n) is 7.12. The predicted molar refractivity (Wildman–Crippen MR) is 47.1 cm³/mol. The van der Waals surface area contributed by atoms with Gasteiger partial charge in [0.1, 0.15) is 0 Å². The molecule has 0 aromatic carbocycles. The van der Waals surface area contributed by atoms with E-state index in [0.717, 1.165) is 0 Å². The quantitative estimate of drug-likeness (QED) is 0.642. The Morgan fingerprint density at radius 1 is 1.45 bits per heavy atom. The van der Waals surface area contributed by atoms with Gasteiger partial charge in [-0.15, -0.1) is 0 Å². The van der Waals surface area contributed by atoms with Gasteiger partial charge in [0.15, 0.2) is 0 Å². The summed E-state index contributed by atoms with van der Waals surface area (Å²) in [6.45, 7) is 4.42. The van der Waals surface area contributed by atoms with E-state index in [1.54, 1.807) is 0 Å². The van der Waals surface area contributed by atoms with Crippen molar-refractivity contribution < 1.29 is 0 Å². The van der Waals surface area contributed by atoms with Crippen molar-refractivity contribution in [2.45, 2.75) is 20.3 Å². The van der Waals surface area contributed by atoms with Gasteiger partial charge in [-0.05, 0) is 30.0 Å². The molecule has 0 amide bonds. The lowest BCUT2D eigenvalue weighted by molar-refractivity contribution is 0.659. The first-order valence-electron chi connectivity index (χ1n) is 4.08. The van der Waals surface area contributed by atoms with Crippen molar-refractivity contribution in [2.75, 3.05) is 0 Å². The summed E-state index contributed by atoms with van der Waals surface area (Å²) >= 11 is 0. The summed E-state index contributed by atoms with van der Waals surface area (Å²) in [5, 5.41) is 0. The molecule has 0 aliphatic heterocycles. The molecule has 0 saturated heterocycles. The molecule has 0 fully saturated rings. The minimum absolute atomic E-state index is 0.664. The molecule has 0 saturated carbocycles. The Morgan fingerprint density at radius 3 is 2.64 bits per heavy atom. The molecule has 0 spiro atoms. The Morgan fingerprint density at radius 2 is 2.09 bits per heavy atom. The van der Waals surface area contributed by atoms with Crippen LogP contribution in [-0.4, -0.2) is 4.98 Å². The third kappa shape index (κ3) is 2.71. The zero-order chi connectivity index (χ0) is 8.10. The number of aromatic nitrogens is 1. The topological polar surface area (TPSA) is 12.9 Å². The summed E-state index contributed by atoms with van der Waals surface area (Å²) in [7, 11) is 0. The first-order valence-corrected chi connectivity index (χ1v) is 4.08. The molecule has 0 bridgehead atoms. The molecule has 1 atom stereocenters. The highest BCUT2D eigenvalue weighted by molar-refractivity contribution is 5.19. The van der Waals surface area contributed by atoms with Crippen molar-refractivity contribution in [1.82, 2.24) is 4.98 Å². The third-order valence-corrected chi connectivity index (χ3v) is 1.83. The fourth-order valence-electron chi connectivity index (χ4n) is 0.921. The summed E-state index contributed by atoms with van der Waals surface area (Å²) in [5.41, 5.74) is 1.27. The van der Waals surface area contributed by atoms with E-state index in [9.17, 15) is 0 Å². The molecule has 11 heavy (non-hydrogen) atoms. The second-order valence-electron chi connectivity index (χ2n) is 2.83.